The Morgan fingerprint density at radius 2 is 1.79 bits per heavy atom. The van der Waals surface area contributed by atoms with E-state index in [0.29, 0.717) is 12.5 Å². The van der Waals surface area contributed by atoms with Gasteiger partial charge in [-0.2, -0.15) is 9.97 Å². The molecule has 0 radical (unpaired) electrons. The quantitative estimate of drug-likeness (QED) is 0.250. The van der Waals surface area contributed by atoms with Gasteiger partial charge in [0, 0.05) is 38.8 Å². The first kappa shape index (κ1) is 29.9. The molecule has 12 heteroatoms. The lowest BCUT2D eigenvalue weighted by Gasteiger charge is -2.32. The fourth-order valence-electron chi connectivity index (χ4n) is 5.53. The molecule has 4 heterocycles. The van der Waals surface area contributed by atoms with Gasteiger partial charge in [-0.25, -0.2) is 0 Å². The first-order valence-electron chi connectivity index (χ1n) is 14.5. The molecule has 0 atom stereocenters. The van der Waals surface area contributed by atoms with Gasteiger partial charge in [0.05, 0.1) is 22.3 Å². The molecule has 2 aliphatic heterocycles. The van der Waals surface area contributed by atoms with Crippen LogP contribution < -0.4 is 30.0 Å². The molecule has 1 fully saturated rings. The topological polar surface area (TPSA) is 114 Å². The van der Waals surface area contributed by atoms with E-state index >= 15 is 0 Å². The van der Waals surface area contributed by atoms with E-state index in [1.807, 2.05) is 6.92 Å². The molecule has 2 N–H and O–H groups in total. The first-order valence-corrected chi connectivity index (χ1v) is 17.8. The molecular weight excluding hydrogens is 552 g/mol. The number of likely N-dealkylation sites (N-methyl/N-ethyl adjacent to an activating group) is 1. The molecule has 0 unspecified atom stereocenters. The van der Waals surface area contributed by atoms with E-state index in [1.54, 1.807) is 12.1 Å². The van der Waals surface area contributed by atoms with Gasteiger partial charge in [0.2, 0.25) is 17.7 Å². The Morgan fingerprint density at radius 3 is 2.48 bits per heavy atom. The largest absolute Gasteiger partial charge is 0.479 e. The number of methoxy groups -OCH3 is 2. The predicted octanol–water partition coefficient (Wildman–Crippen LogP) is 3.96. The van der Waals surface area contributed by atoms with Gasteiger partial charge >= 0.3 is 0 Å². The molecule has 0 bridgehead atoms. The maximum atomic E-state index is 13.1. The van der Waals surface area contributed by atoms with Crippen LogP contribution in [0.1, 0.15) is 28.1 Å². The number of amides is 1. The highest BCUT2D eigenvalue weighted by Gasteiger charge is 2.33. The monoisotopic (exact) mass is 594 g/mol. The van der Waals surface area contributed by atoms with Crippen LogP contribution >= 0.6 is 0 Å². The molecule has 3 aromatic rings. The second kappa shape index (κ2) is 12.7. The van der Waals surface area contributed by atoms with Crippen molar-refractivity contribution in [3.05, 3.63) is 41.2 Å². The molecule has 1 amide bonds. The lowest BCUT2D eigenvalue weighted by molar-refractivity contribution is 0.0990. The highest BCUT2D eigenvalue weighted by atomic mass is 28.3. The van der Waals surface area contributed by atoms with Crippen LogP contribution in [0.25, 0.3) is 0 Å². The average molecular weight is 595 g/mol. The second-order valence-corrected chi connectivity index (χ2v) is 16.5. The highest BCUT2D eigenvalue weighted by molar-refractivity contribution is 6.91. The van der Waals surface area contributed by atoms with Crippen LogP contribution in [0.5, 0.6) is 23.5 Å². The van der Waals surface area contributed by atoms with E-state index in [0.717, 1.165) is 56.9 Å². The molecule has 2 aromatic heterocycles. The molecule has 1 saturated heterocycles. The van der Waals surface area contributed by atoms with Crippen molar-refractivity contribution in [3.8, 4) is 23.5 Å². The number of carbonyl (C=O) groups is 1. The molecule has 0 aliphatic carbocycles. The summed E-state index contributed by atoms with van der Waals surface area (Å²) in [6.45, 7) is 12.9. The number of aryl methyl sites for hydroxylation is 2. The van der Waals surface area contributed by atoms with Crippen LogP contribution in [0, 0.1) is 6.92 Å². The number of nitrogens with zero attached hydrogens (tertiary/aromatic N) is 4. The van der Waals surface area contributed by atoms with Gasteiger partial charge in [-0.15, -0.1) is 0 Å². The van der Waals surface area contributed by atoms with Crippen molar-refractivity contribution in [2.45, 2.75) is 38.9 Å². The van der Waals surface area contributed by atoms with Crippen molar-refractivity contribution >= 4 is 30.8 Å². The van der Waals surface area contributed by atoms with E-state index in [9.17, 15) is 4.79 Å². The number of benzene rings is 1. The number of piperazine rings is 1. The summed E-state index contributed by atoms with van der Waals surface area (Å²) in [4.78, 5) is 26.8. The minimum absolute atomic E-state index is 0.0775. The van der Waals surface area contributed by atoms with Gasteiger partial charge in [0.1, 0.15) is 5.75 Å². The zero-order valence-corrected chi connectivity index (χ0v) is 26.5. The van der Waals surface area contributed by atoms with E-state index in [4.69, 9.17) is 18.6 Å². The summed E-state index contributed by atoms with van der Waals surface area (Å²) in [7, 11) is 3.67. The predicted molar refractivity (Wildman–Crippen MR) is 166 cm³/mol. The zero-order chi connectivity index (χ0) is 29.9. The second-order valence-electron chi connectivity index (χ2n) is 11.7. The molecule has 226 valence electrons. The Balaban J connectivity index is 1.22. The molecule has 0 saturated carbocycles. The molecule has 5 rings (SSSR count). The Labute approximate surface area is 248 Å². The van der Waals surface area contributed by atoms with Crippen LogP contribution in [0.15, 0.2) is 28.7 Å². The number of rotatable bonds is 11. The minimum Gasteiger partial charge on any atom is -0.479 e. The summed E-state index contributed by atoms with van der Waals surface area (Å²) in [6.07, 6.45) is 2.08. The van der Waals surface area contributed by atoms with Crippen LogP contribution in [0.3, 0.4) is 0 Å². The van der Waals surface area contributed by atoms with Crippen molar-refractivity contribution in [2.24, 2.45) is 0 Å². The lowest BCUT2D eigenvalue weighted by atomic mass is 10.1. The zero-order valence-electron chi connectivity index (χ0n) is 25.5. The van der Waals surface area contributed by atoms with Gasteiger partial charge in [0.15, 0.2) is 11.4 Å². The fourth-order valence-corrected chi connectivity index (χ4v) is 8.29. The van der Waals surface area contributed by atoms with Crippen LogP contribution in [-0.4, -0.2) is 94.3 Å². The number of aromatic nitrogens is 2. The number of anilines is 2. The van der Waals surface area contributed by atoms with E-state index < -0.39 is 14.0 Å². The van der Waals surface area contributed by atoms with Gasteiger partial charge in [-0.1, -0.05) is 24.3 Å². The molecule has 0 spiro atoms. The molecular formula is C30H42N6O5Si. The summed E-state index contributed by atoms with van der Waals surface area (Å²) in [5.41, 5.74) is 2.68. The summed E-state index contributed by atoms with van der Waals surface area (Å²) in [6, 6.07) is 8.84. The standard InChI is InChI=1S/C30H42N6O5Si/c1-20-18-21-10-17-42(5,6)24(21)19-23(20)41-25-9-8-22(40-25)27(37)32-26-28(38-3)33-30(34-29(26)39-4)31-11-7-12-36-15-13-35(2)14-16-36/h8-9,18-19H,7,10-17H2,1-6H3,(H,32,37)(H,31,33,34). The number of furan rings is 1. The van der Waals surface area contributed by atoms with Crippen molar-refractivity contribution in [1.29, 1.82) is 0 Å². The number of ether oxygens (including phenoxy) is 3. The normalized spacial score (nSPS) is 16.6. The highest BCUT2D eigenvalue weighted by Crippen LogP contribution is 2.34. The van der Waals surface area contributed by atoms with Gasteiger partial charge < -0.3 is 39.1 Å². The Bertz CT molecular complexity index is 1390. The maximum Gasteiger partial charge on any atom is 0.291 e. The van der Waals surface area contributed by atoms with Gasteiger partial charge in [-0.3, -0.25) is 4.79 Å². The van der Waals surface area contributed by atoms with E-state index in [-0.39, 0.29) is 29.2 Å². The third kappa shape index (κ3) is 6.71. The molecule has 42 heavy (non-hydrogen) atoms. The Kier molecular flexibility index (Phi) is 9.04. The summed E-state index contributed by atoms with van der Waals surface area (Å²) >= 11 is 0. The molecule has 11 nitrogen and oxygen atoms in total. The first-order chi connectivity index (χ1) is 20.2. The SMILES string of the molecule is COc1nc(NCCCN2CCN(C)CC2)nc(OC)c1NC(=O)c1ccc(Oc2cc3c(cc2C)CC[Si]3(C)C)o1. The summed E-state index contributed by atoms with van der Waals surface area (Å²) in [5.74, 6) is 1.30. The van der Waals surface area contributed by atoms with Gasteiger partial charge in [0.25, 0.3) is 11.9 Å². The number of nitrogens with one attached hydrogen (secondary N) is 2. The number of hydrogen-bond donors (Lipinski definition) is 2. The van der Waals surface area contributed by atoms with Crippen molar-refractivity contribution < 1.29 is 23.4 Å². The van der Waals surface area contributed by atoms with Crippen molar-refractivity contribution in [1.82, 2.24) is 19.8 Å². The Morgan fingerprint density at radius 1 is 1.07 bits per heavy atom. The Hall–Kier alpha value is -3.61. The summed E-state index contributed by atoms with van der Waals surface area (Å²) in [5, 5.41) is 7.45. The van der Waals surface area contributed by atoms with Crippen LogP contribution in [0.2, 0.25) is 19.1 Å². The smallest absolute Gasteiger partial charge is 0.291 e. The minimum atomic E-state index is -1.45. The van der Waals surface area contributed by atoms with Gasteiger partial charge in [-0.05, 0) is 62.7 Å². The van der Waals surface area contributed by atoms with Crippen molar-refractivity contribution in [3.63, 3.8) is 0 Å². The third-order valence-corrected chi connectivity index (χ3v) is 11.6. The number of fused-ring (bicyclic) bond motifs is 1. The fraction of sp³-hybridized carbons (Fsp3) is 0.500. The van der Waals surface area contributed by atoms with E-state index in [1.165, 1.54) is 31.0 Å². The maximum absolute atomic E-state index is 13.1. The van der Waals surface area contributed by atoms with Crippen LogP contribution in [0.4, 0.5) is 11.6 Å². The molecule has 2 aliphatic rings. The van der Waals surface area contributed by atoms with Crippen molar-refractivity contribution in [2.75, 3.05) is 71.2 Å². The summed E-state index contributed by atoms with van der Waals surface area (Å²) < 4.78 is 22.8. The van der Waals surface area contributed by atoms with E-state index in [2.05, 4.69) is 62.7 Å². The number of hydrogen-bond acceptors (Lipinski definition) is 10. The number of carbonyl (C=O) groups excluding carboxylic acids is 1. The average Bonchev–Trinajstić information content (AvgIpc) is 3.56. The lowest BCUT2D eigenvalue weighted by Crippen LogP contribution is -2.44. The third-order valence-electron chi connectivity index (χ3n) is 8.16. The molecule has 1 aromatic carbocycles. The van der Waals surface area contributed by atoms with Crippen LogP contribution in [-0.2, 0) is 6.42 Å².